The molecule has 9 heavy (non-hydrogen) atoms. The van der Waals surface area contributed by atoms with Crippen molar-refractivity contribution in [3.8, 4) is 0 Å². The molecule has 0 aromatic heterocycles. The summed E-state index contributed by atoms with van der Waals surface area (Å²) in [5.41, 5.74) is 0. The van der Waals surface area contributed by atoms with E-state index in [0.29, 0.717) is 6.54 Å². The van der Waals surface area contributed by atoms with E-state index in [1.165, 1.54) is 0 Å². The Hall–Kier alpha value is -0.730. The Morgan fingerprint density at radius 3 is 2.67 bits per heavy atom. The molecule has 0 aromatic rings. The van der Waals surface area contributed by atoms with Crippen LogP contribution in [0.5, 0.6) is 0 Å². The van der Waals surface area contributed by atoms with Crippen molar-refractivity contribution < 1.29 is 4.79 Å². The lowest BCUT2D eigenvalue weighted by molar-refractivity contribution is 0.243. The summed E-state index contributed by atoms with van der Waals surface area (Å²) in [6.07, 6.45) is 0.858. The zero-order valence-corrected chi connectivity index (χ0v) is 5.90. The van der Waals surface area contributed by atoms with Crippen LogP contribution in [0.3, 0.4) is 0 Å². The van der Waals surface area contributed by atoms with Crippen LogP contribution in [0, 0.1) is 6.54 Å². The zero-order valence-electron chi connectivity index (χ0n) is 5.90. The lowest BCUT2D eigenvalue weighted by Gasteiger charge is -2.01. The molecule has 0 heterocycles. The van der Waals surface area contributed by atoms with Gasteiger partial charge in [-0.2, -0.15) is 0 Å². The van der Waals surface area contributed by atoms with Crippen LogP contribution in [0.15, 0.2) is 0 Å². The summed E-state index contributed by atoms with van der Waals surface area (Å²) < 4.78 is 0. The van der Waals surface area contributed by atoms with Crippen molar-refractivity contribution >= 4 is 6.03 Å². The molecule has 0 aliphatic carbocycles. The Balaban J connectivity index is 3.06. The number of hydrogen-bond acceptors (Lipinski definition) is 1. The van der Waals surface area contributed by atoms with Gasteiger partial charge in [0.2, 0.25) is 0 Å². The highest BCUT2D eigenvalue weighted by molar-refractivity contribution is 5.74. The molecule has 1 radical (unpaired) electrons. The lowest BCUT2D eigenvalue weighted by atomic mass is 10.5. The van der Waals surface area contributed by atoms with Gasteiger partial charge in [0.15, 0.2) is 0 Å². The summed E-state index contributed by atoms with van der Waals surface area (Å²) in [5, 5.41) is 5.16. The maximum Gasteiger partial charge on any atom is 0.315 e. The summed E-state index contributed by atoms with van der Waals surface area (Å²) in [7, 11) is 0. The smallest absolute Gasteiger partial charge is 0.315 e. The minimum atomic E-state index is -0.126. The number of amides is 2. The van der Waals surface area contributed by atoms with E-state index >= 15 is 0 Å². The molecule has 0 fully saturated rings. The molecule has 0 aliphatic rings. The highest BCUT2D eigenvalue weighted by Crippen LogP contribution is 1.76. The third-order valence-electron chi connectivity index (χ3n) is 0.775. The zero-order chi connectivity index (χ0) is 7.11. The Morgan fingerprint density at radius 2 is 2.22 bits per heavy atom. The normalized spacial score (nSPS) is 8.67. The second-order valence-electron chi connectivity index (χ2n) is 1.62. The number of carbonyl (C=O) groups excluding carboxylic acids is 1. The van der Waals surface area contributed by atoms with Crippen molar-refractivity contribution in [3.05, 3.63) is 6.54 Å². The quantitative estimate of drug-likeness (QED) is 0.583. The van der Waals surface area contributed by atoms with Gasteiger partial charge in [-0.05, 0) is 13.3 Å². The SMILES string of the molecule is CC[CH]NC(=O)NCC. The summed E-state index contributed by atoms with van der Waals surface area (Å²) in [6, 6.07) is -0.126. The molecule has 2 N–H and O–H groups in total. The summed E-state index contributed by atoms with van der Waals surface area (Å²) in [6.45, 7) is 6.23. The molecule has 0 atom stereocenters. The molecule has 2 amide bonds. The Labute approximate surface area is 55.8 Å². The summed E-state index contributed by atoms with van der Waals surface area (Å²) in [4.78, 5) is 10.5. The average molecular weight is 129 g/mol. The molecule has 3 nitrogen and oxygen atoms in total. The molecule has 3 heteroatoms. The second kappa shape index (κ2) is 5.41. The molecule has 53 valence electrons. The first-order chi connectivity index (χ1) is 4.31. The van der Waals surface area contributed by atoms with E-state index in [4.69, 9.17) is 0 Å². The van der Waals surface area contributed by atoms with Gasteiger partial charge in [0.05, 0.1) is 6.54 Å². The van der Waals surface area contributed by atoms with Crippen LogP contribution in [-0.2, 0) is 0 Å². The minimum Gasteiger partial charge on any atom is -0.338 e. The summed E-state index contributed by atoms with van der Waals surface area (Å²) >= 11 is 0. The lowest BCUT2D eigenvalue weighted by Crippen LogP contribution is -2.33. The fourth-order valence-corrected chi connectivity index (χ4v) is 0.406. The van der Waals surface area contributed by atoms with Crippen LogP contribution >= 0.6 is 0 Å². The van der Waals surface area contributed by atoms with Crippen LogP contribution in [-0.4, -0.2) is 12.6 Å². The molecule has 0 saturated carbocycles. The number of rotatable bonds is 3. The van der Waals surface area contributed by atoms with Gasteiger partial charge in [-0.1, -0.05) is 6.92 Å². The molecule has 0 aliphatic heterocycles. The van der Waals surface area contributed by atoms with Crippen LogP contribution in [0.2, 0.25) is 0 Å². The van der Waals surface area contributed by atoms with Gasteiger partial charge in [-0.25, -0.2) is 4.79 Å². The van der Waals surface area contributed by atoms with Crippen LogP contribution in [0.1, 0.15) is 20.3 Å². The van der Waals surface area contributed by atoms with E-state index in [1.54, 1.807) is 6.54 Å². The topological polar surface area (TPSA) is 41.1 Å². The van der Waals surface area contributed by atoms with E-state index in [2.05, 4.69) is 10.6 Å². The van der Waals surface area contributed by atoms with Crippen LogP contribution in [0.4, 0.5) is 4.79 Å². The number of nitrogens with one attached hydrogen (secondary N) is 2. The van der Waals surface area contributed by atoms with Gasteiger partial charge in [0.1, 0.15) is 0 Å². The van der Waals surface area contributed by atoms with Crippen molar-refractivity contribution in [3.63, 3.8) is 0 Å². The van der Waals surface area contributed by atoms with Gasteiger partial charge >= 0.3 is 6.03 Å². The van der Waals surface area contributed by atoms with Gasteiger partial charge < -0.3 is 10.6 Å². The first-order valence-electron chi connectivity index (χ1n) is 3.17. The number of urea groups is 1. The van der Waals surface area contributed by atoms with E-state index in [0.717, 1.165) is 6.42 Å². The molecule has 0 spiro atoms. The molecular formula is C6H13N2O. The third kappa shape index (κ3) is 5.14. The Bertz CT molecular complexity index is 83.1. The van der Waals surface area contributed by atoms with E-state index in [-0.39, 0.29) is 6.03 Å². The largest absolute Gasteiger partial charge is 0.338 e. The summed E-state index contributed by atoms with van der Waals surface area (Å²) in [5.74, 6) is 0. The van der Waals surface area contributed by atoms with Crippen molar-refractivity contribution in [2.75, 3.05) is 6.54 Å². The predicted octanol–water partition coefficient (Wildman–Crippen LogP) is 0.877. The molecular weight excluding hydrogens is 116 g/mol. The first-order valence-corrected chi connectivity index (χ1v) is 3.17. The molecule has 0 bridgehead atoms. The highest BCUT2D eigenvalue weighted by atomic mass is 16.2. The number of hydrogen-bond donors (Lipinski definition) is 2. The molecule has 0 saturated heterocycles. The van der Waals surface area contributed by atoms with Crippen molar-refractivity contribution in [1.29, 1.82) is 0 Å². The number of carbonyl (C=O) groups is 1. The van der Waals surface area contributed by atoms with Crippen molar-refractivity contribution in [1.82, 2.24) is 10.6 Å². The average Bonchev–Trinajstić information content (AvgIpc) is 1.85. The maximum absolute atomic E-state index is 10.5. The standard InChI is InChI=1S/C6H13N2O/c1-3-5-8-6(9)7-4-2/h5H,3-4H2,1-2H3,(H2,7,8,9). The van der Waals surface area contributed by atoms with Gasteiger partial charge in [-0.15, -0.1) is 0 Å². The monoisotopic (exact) mass is 129 g/mol. The fraction of sp³-hybridized carbons (Fsp3) is 0.667. The van der Waals surface area contributed by atoms with E-state index < -0.39 is 0 Å². The van der Waals surface area contributed by atoms with Crippen molar-refractivity contribution in [2.45, 2.75) is 20.3 Å². The Kier molecular flexibility index (Phi) is 4.97. The van der Waals surface area contributed by atoms with E-state index in [1.807, 2.05) is 13.8 Å². The van der Waals surface area contributed by atoms with Crippen LogP contribution in [0.25, 0.3) is 0 Å². The second-order valence-corrected chi connectivity index (χ2v) is 1.62. The van der Waals surface area contributed by atoms with Crippen molar-refractivity contribution in [2.24, 2.45) is 0 Å². The third-order valence-corrected chi connectivity index (χ3v) is 0.775. The molecule has 0 aromatic carbocycles. The van der Waals surface area contributed by atoms with Gasteiger partial charge in [-0.3, -0.25) is 0 Å². The van der Waals surface area contributed by atoms with Crippen LogP contribution < -0.4 is 10.6 Å². The maximum atomic E-state index is 10.5. The van der Waals surface area contributed by atoms with E-state index in [9.17, 15) is 4.79 Å². The van der Waals surface area contributed by atoms with Gasteiger partial charge in [0.25, 0.3) is 0 Å². The highest BCUT2D eigenvalue weighted by Gasteiger charge is 1.92. The molecule has 0 unspecified atom stereocenters. The Morgan fingerprint density at radius 1 is 1.56 bits per heavy atom. The fourth-order valence-electron chi connectivity index (χ4n) is 0.406. The molecule has 0 rings (SSSR count). The predicted molar refractivity (Wildman–Crippen MR) is 36.8 cm³/mol. The first kappa shape index (κ1) is 8.27. The minimum absolute atomic E-state index is 0.126. The van der Waals surface area contributed by atoms with Gasteiger partial charge in [0, 0.05) is 6.54 Å².